The van der Waals surface area contributed by atoms with Crippen molar-refractivity contribution in [1.82, 2.24) is 5.32 Å². The van der Waals surface area contributed by atoms with E-state index in [2.05, 4.69) is 5.32 Å². The Hall–Kier alpha value is -5.76. The van der Waals surface area contributed by atoms with Gasteiger partial charge in [-0.25, -0.2) is 9.59 Å². The van der Waals surface area contributed by atoms with Crippen molar-refractivity contribution in [3.05, 3.63) is 119 Å². The number of aliphatic hydroxyl groups is 2. The van der Waals surface area contributed by atoms with Crippen molar-refractivity contribution in [1.29, 1.82) is 0 Å². The van der Waals surface area contributed by atoms with Gasteiger partial charge in [-0.15, -0.1) is 0 Å². The largest absolute Gasteiger partial charge is 1.00 e. The topological polar surface area (TPSA) is 267 Å². The first kappa shape index (κ1) is 54.6. The van der Waals surface area contributed by atoms with Crippen molar-refractivity contribution >= 4 is 47.5 Å². The number of fused-ring (bicyclic) bond motifs is 5. The molecule has 1 amide bonds. The van der Waals surface area contributed by atoms with Gasteiger partial charge in [0.2, 0.25) is 6.10 Å². The van der Waals surface area contributed by atoms with Gasteiger partial charge in [0.15, 0.2) is 17.5 Å². The number of hydrogen-bond acceptors (Lipinski definition) is 17. The van der Waals surface area contributed by atoms with E-state index in [4.69, 9.17) is 28.4 Å². The first-order valence-corrected chi connectivity index (χ1v) is 23.0. The van der Waals surface area contributed by atoms with Crippen molar-refractivity contribution < 1.29 is 112 Å². The molecular formula is C52H56NNaO17. The Morgan fingerprint density at radius 1 is 0.831 bits per heavy atom. The maximum atomic E-state index is 15.7. The second kappa shape index (κ2) is 21.5. The molecule has 2 bridgehead atoms. The van der Waals surface area contributed by atoms with Crippen LogP contribution in [0.1, 0.15) is 106 Å². The Labute approximate surface area is 432 Å². The number of carboxylic acids is 1. The number of ether oxygens (including phenoxy) is 6. The van der Waals surface area contributed by atoms with Crippen molar-refractivity contribution in [2.24, 2.45) is 16.7 Å². The van der Waals surface area contributed by atoms with E-state index in [1.54, 1.807) is 66.7 Å². The van der Waals surface area contributed by atoms with Gasteiger partial charge >= 0.3 is 59.4 Å². The number of carbonyl (C=O) groups excluding carboxylic acids is 8. The second-order valence-corrected chi connectivity index (χ2v) is 19.0. The van der Waals surface area contributed by atoms with Crippen LogP contribution in [0, 0.1) is 16.7 Å². The first-order chi connectivity index (χ1) is 33.1. The van der Waals surface area contributed by atoms with Crippen LogP contribution in [-0.2, 0) is 57.2 Å². The van der Waals surface area contributed by atoms with Gasteiger partial charge in [0, 0.05) is 50.1 Å². The summed E-state index contributed by atoms with van der Waals surface area (Å²) in [5, 5.41) is 40.1. The number of amides is 1. The van der Waals surface area contributed by atoms with E-state index in [-0.39, 0.29) is 76.8 Å². The van der Waals surface area contributed by atoms with E-state index in [9.17, 15) is 44.1 Å². The van der Waals surface area contributed by atoms with Crippen molar-refractivity contribution in [2.75, 3.05) is 6.61 Å². The smallest absolute Gasteiger partial charge is 0.550 e. The van der Waals surface area contributed by atoms with Gasteiger partial charge in [0.05, 0.1) is 29.6 Å². The zero-order chi connectivity index (χ0) is 50.9. The summed E-state index contributed by atoms with van der Waals surface area (Å²) in [7, 11) is 0. The molecule has 1 aliphatic heterocycles. The summed E-state index contributed by atoms with van der Waals surface area (Å²) in [6.07, 6.45) is -12.3. The molecule has 1 saturated heterocycles. The number of nitrogens with one attached hydrogen (secondary N) is 1. The molecule has 3 aromatic carbocycles. The van der Waals surface area contributed by atoms with Crippen molar-refractivity contribution in [2.45, 2.75) is 128 Å². The number of carbonyl (C=O) groups is 8. The van der Waals surface area contributed by atoms with Crippen LogP contribution in [-0.4, -0.2) is 112 Å². The van der Waals surface area contributed by atoms with Crippen LogP contribution in [0.4, 0.5) is 0 Å². The molecule has 372 valence electrons. The van der Waals surface area contributed by atoms with Crippen molar-refractivity contribution in [3.63, 3.8) is 0 Å². The molecule has 3 N–H and O–H groups in total. The number of Topliss-reactive ketones (excluding diaryl/α,β-unsaturated/α-hetero) is 1. The quantitative estimate of drug-likeness (QED) is 0.0795. The number of ketones is 1. The Balaban J connectivity index is 0.00000825. The van der Waals surface area contributed by atoms with Crippen LogP contribution >= 0.6 is 0 Å². The van der Waals surface area contributed by atoms with Crippen LogP contribution in [0.3, 0.4) is 0 Å². The minimum Gasteiger partial charge on any atom is -0.550 e. The number of hydrogen-bond donors (Lipinski definition) is 3. The van der Waals surface area contributed by atoms with Gasteiger partial charge in [-0.3, -0.25) is 24.0 Å². The maximum absolute atomic E-state index is 15.7. The van der Waals surface area contributed by atoms with Gasteiger partial charge in [0.25, 0.3) is 5.91 Å². The summed E-state index contributed by atoms with van der Waals surface area (Å²) in [5.74, 6) is -9.73. The van der Waals surface area contributed by atoms with Crippen LogP contribution in [0.15, 0.2) is 102 Å². The van der Waals surface area contributed by atoms with Crippen LogP contribution in [0.5, 0.6) is 0 Å². The van der Waals surface area contributed by atoms with E-state index in [1.165, 1.54) is 52.0 Å². The Bertz CT molecular complexity index is 2570. The first-order valence-electron chi connectivity index (χ1n) is 23.0. The molecule has 0 spiro atoms. The van der Waals surface area contributed by atoms with E-state index in [0.29, 0.717) is 0 Å². The van der Waals surface area contributed by atoms with E-state index < -0.39 is 137 Å². The summed E-state index contributed by atoms with van der Waals surface area (Å²) in [6, 6.07) is 22.2. The maximum Gasteiger partial charge on any atom is 1.00 e. The SMILES string of the molecule is CC(=O)OC1C(=O)[C@@]2(C)[C@H]([C@H](OC(=O)c3ccccc3)[C@]3(O)CC(OC(=O)C(OC(=O)CCCC(=O)[O-])C(NC(=O)c4ccccc4)c4ccccc4)C(C)=C1C3(C)C)[C@]1(OC(C)=O)CO[C@@H]1C[C@@H]2O.[Na+]. The molecule has 1 heterocycles. The number of esters is 5. The fraction of sp³-hybridized carbons (Fsp3) is 0.462. The van der Waals surface area contributed by atoms with Crippen molar-refractivity contribution in [3.8, 4) is 0 Å². The summed E-state index contributed by atoms with van der Waals surface area (Å²) < 4.78 is 36.4. The summed E-state index contributed by atoms with van der Waals surface area (Å²) in [5.41, 5.74) is -7.72. The van der Waals surface area contributed by atoms with Gasteiger partial charge < -0.3 is 53.9 Å². The average Bonchev–Trinajstić information content (AvgIpc) is 3.31. The minimum atomic E-state index is -2.50. The molecular weight excluding hydrogens is 934 g/mol. The molecule has 18 nitrogen and oxygen atoms in total. The number of benzene rings is 3. The monoisotopic (exact) mass is 989 g/mol. The third-order valence-electron chi connectivity index (χ3n) is 14.5. The van der Waals surface area contributed by atoms with Crippen LogP contribution in [0.25, 0.3) is 0 Å². The number of aliphatic hydroxyl groups excluding tert-OH is 1. The Morgan fingerprint density at radius 2 is 1.42 bits per heavy atom. The van der Waals surface area contributed by atoms with E-state index in [1.807, 2.05) is 0 Å². The van der Waals surface area contributed by atoms with Gasteiger partial charge in [-0.05, 0) is 67.7 Å². The fourth-order valence-electron chi connectivity index (χ4n) is 10.9. The minimum absolute atomic E-state index is 0. The summed E-state index contributed by atoms with van der Waals surface area (Å²) in [4.78, 5) is 110. The number of rotatable bonds is 15. The molecule has 4 unspecified atom stereocenters. The molecule has 11 atom stereocenters. The standard InChI is InChI=1S/C52H57NO17.Na/c1-28-34(67-48(63)42(68-38(59)24-16-23-37(57)58)40(31-17-10-7-11-18-31)53-46(61)32-19-12-8-13-20-32)26-52(64)45(69-47(62)33-21-14-9-15-22-33)43-50(6,35(56)25-36-51(43,27-65-36)70-30(3)55)44(60)41(66-29(2)54)39(28)49(52,4)5;/h7-15,17-22,34-36,40-43,45,56,64H,16,23-27H2,1-6H3,(H,53,61)(H,57,58);/q;+1/p-1/t34?,35-,36+,40?,41?,42?,43-,45-,50+,51-,52+;/m0./s1. The average molecular weight is 990 g/mol. The summed E-state index contributed by atoms with van der Waals surface area (Å²) in [6.45, 7) is 7.71. The van der Waals surface area contributed by atoms with E-state index in [0.717, 1.165) is 13.8 Å². The molecule has 0 aromatic heterocycles. The fourth-order valence-corrected chi connectivity index (χ4v) is 10.9. The summed E-state index contributed by atoms with van der Waals surface area (Å²) >= 11 is 0. The predicted octanol–water partition coefficient (Wildman–Crippen LogP) is 0.211. The Morgan fingerprint density at radius 3 is 1.97 bits per heavy atom. The zero-order valence-corrected chi connectivity index (χ0v) is 42.5. The third-order valence-corrected chi connectivity index (χ3v) is 14.5. The van der Waals surface area contributed by atoms with E-state index >= 15 is 9.59 Å². The molecule has 3 aliphatic carbocycles. The number of aliphatic carboxylic acids is 1. The third kappa shape index (κ3) is 10.3. The second-order valence-electron chi connectivity index (χ2n) is 19.0. The number of carboxylic acid groups (broad SMARTS) is 1. The molecule has 71 heavy (non-hydrogen) atoms. The molecule has 3 fully saturated rings. The predicted molar refractivity (Wildman–Crippen MR) is 240 cm³/mol. The normalized spacial score (nSPS) is 29.0. The molecule has 19 heteroatoms. The Kier molecular flexibility index (Phi) is 16.5. The van der Waals surface area contributed by atoms with Gasteiger partial charge in [-0.1, -0.05) is 80.6 Å². The van der Waals surface area contributed by atoms with Gasteiger partial charge in [0.1, 0.15) is 30.0 Å². The molecule has 0 radical (unpaired) electrons. The van der Waals surface area contributed by atoms with Gasteiger partial charge in [-0.2, -0.15) is 0 Å². The molecule has 3 aromatic rings. The molecule has 2 saturated carbocycles. The zero-order valence-electron chi connectivity index (χ0n) is 40.5. The molecule has 4 aliphatic rings. The van der Waals surface area contributed by atoms with Crippen LogP contribution in [0.2, 0.25) is 0 Å². The molecule has 7 rings (SSSR count). The van der Waals surface area contributed by atoms with Crippen LogP contribution < -0.4 is 40.0 Å².